The highest BCUT2D eigenvalue weighted by Crippen LogP contribution is 2.33. The molecule has 1 aromatic heterocycles. The number of pyridine rings is 1. The van der Waals surface area contributed by atoms with Gasteiger partial charge in [0.1, 0.15) is 5.84 Å². The molecular weight excluding hydrogens is 398 g/mol. The normalized spacial score (nSPS) is 19.5. The van der Waals surface area contributed by atoms with Crippen LogP contribution in [0.5, 0.6) is 0 Å². The first-order valence-electron chi connectivity index (χ1n) is 11.4. The van der Waals surface area contributed by atoms with E-state index in [4.69, 9.17) is 9.98 Å². The maximum atomic E-state index is 9.42. The molecule has 1 atom stereocenters. The van der Waals surface area contributed by atoms with Crippen LogP contribution in [-0.4, -0.2) is 54.9 Å². The Balaban J connectivity index is 1.49. The number of aromatic nitrogens is 1. The first kappa shape index (κ1) is 20.7. The molecule has 7 heteroatoms. The van der Waals surface area contributed by atoms with Gasteiger partial charge >= 0.3 is 0 Å². The number of hydrogen-bond acceptors (Lipinski definition) is 7. The monoisotopic (exact) mass is 427 g/mol. The molecule has 2 aromatic rings. The van der Waals surface area contributed by atoms with Crippen LogP contribution in [0, 0.1) is 18.3 Å². The summed E-state index contributed by atoms with van der Waals surface area (Å²) in [5.41, 5.74) is 6.14. The Kier molecular flexibility index (Phi) is 5.40. The number of nitrogens with zero attached hydrogens (tertiary/aromatic N) is 6. The number of likely N-dealkylation sites (tertiary alicyclic amines) is 1. The van der Waals surface area contributed by atoms with Crippen molar-refractivity contribution in [3.05, 3.63) is 58.4 Å². The number of aliphatic imine (C=N–C) groups is 2. The summed E-state index contributed by atoms with van der Waals surface area (Å²) in [6.45, 7) is 7.93. The van der Waals surface area contributed by atoms with E-state index in [0.29, 0.717) is 11.5 Å². The fraction of sp³-hybridized carbons (Fsp3) is 0.440. The zero-order valence-corrected chi connectivity index (χ0v) is 19.0. The summed E-state index contributed by atoms with van der Waals surface area (Å²) in [6.07, 6.45) is 4.27. The first-order chi connectivity index (χ1) is 15.5. The molecule has 0 aliphatic carbocycles. The van der Waals surface area contributed by atoms with E-state index in [-0.39, 0.29) is 6.04 Å². The molecule has 0 amide bonds. The summed E-state index contributed by atoms with van der Waals surface area (Å²) in [6, 6.07) is 10.4. The number of hydrogen-bond donors (Lipinski definition) is 1. The molecule has 1 aromatic carbocycles. The van der Waals surface area contributed by atoms with Gasteiger partial charge < -0.3 is 15.1 Å². The van der Waals surface area contributed by atoms with Gasteiger partial charge in [0.2, 0.25) is 5.96 Å². The van der Waals surface area contributed by atoms with Crippen molar-refractivity contribution in [3.63, 3.8) is 0 Å². The van der Waals surface area contributed by atoms with E-state index in [1.54, 1.807) is 0 Å². The summed E-state index contributed by atoms with van der Waals surface area (Å²) in [5, 5.41) is 13.1. The van der Waals surface area contributed by atoms with E-state index >= 15 is 0 Å². The molecule has 1 unspecified atom stereocenters. The van der Waals surface area contributed by atoms with Gasteiger partial charge in [0.05, 0.1) is 36.1 Å². The van der Waals surface area contributed by atoms with Crippen LogP contribution in [-0.2, 0) is 0 Å². The fourth-order valence-corrected chi connectivity index (χ4v) is 4.95. The molecule has 3 aliphatic rings. The minimum Gasteiger partial charge on any atom is -0.363 e. The molecule has 0 spiro atoms. The number of fused-ring (bicyclic) bond motifs is 3. The second kappa shape index (κ2) is 8.36. The molecule has 0 bridgehead atoms. The van der Waals surface area contributed by atoms with Crippen LogP contribution in [0.25, 0.3) is 0 Å². The van der Waals surface area contributed by atoms with Crippen molar-refractivity contribution in [2.24, 2.45) is 9.98 Å². The van der Waals surface area contributed by atoms with Crippen molar-refractivity contribution in [2.75, 3.05) is 38.1 Å². The third-order valence-corrected chi connectivity index (χ3v) is 6.93. The Morgan fingerprint density at radius 3 is 2.81 bits per heavy atom. The van der Waals surface area contributed by atoms with Crippen LogP contribution < -0.4 is 10.2 Å². The molecule has 1 saturated heterocycles. The number of benzene rings is 1. The van der Waals surface area contributed by atoms with Crippen LogP contribution in [0.2, 0.25) is 0 Å². The molecule has 0 radical (unpaired) electrons. The Bertz CT molecular complexity index is 1140. The minimum absolute atomic E-state index is 0.00315. The largest absolute Gasteiger partial charge is 0.363 e. The summed E-state index contributed by atoms with van der Waals surface area (Å²) in [4.78, 5) is 18.9. The van der Waals surface area contributed by atoms with Crippen LogP contribution >= 0.6 is 0 Å². The number of nitriles is 1. The summed E-state index contributed by atoms with van der Waals surface area (Å²) >= 11 is 0. The molecule has 1 N–H and O–H groups in total. The van der Waals surface area contributed by atoms with E-state index in [1.807, 2.05) is 25.3 Å². The van der Waals surface area contributed by atoms with Gasteiger partial charge in [-0.05, 0) is 70.1 Å². The molecular formula is C25H29N7. The van der Waals surface area contributed by atoms with E-state index in [9.17, 15) is 5.26 Å². The zero-order valence-electron chi connectivity index (χ0n) is 19.0. The van der Waals surface area contributed by atoms with Gasteiger partial charge in [0.15, 0.2) is 0 Å². The van der Waals surface area contributed by atoms with Crippen molar-refractivity contribution in [1.29, 1.82) is 5.26 Å². The topological polar surface area (TPSA) is 79.9 Å². The Hall–Kier alpha value is -3.24. The van der Waals surface area contributed by atoms with Gasteiger partial charge in [-0.1, -0.05) is 12.1 Å². The summed E-state index contributed by atoms with van der Waals surface area (Å²) in [5.74, 6) is 2.07. The van der Waals surface area contributed by atoms with E-state index in [0.717, 1.165) is 78.9 Å². The lowest BCUT2D eigenvalue weighted by Crippen LogP contribution is -2.39. The Morgan fingerprint density at radius 1 is 1.22 bits per heavy atom. The van der Waals surface area contributed by atoms with Gasteiger partial charge in [0.25, 0.3) is 0 Å². The summed E-state index contributed by atoms with van der Waals surface area (Å²) in [7, 11) is 2.18. The molecule has 164 valence electrons. The standard InChI is InChI=1S/C25H29N7/c1-16-19(14-26)5-4-6-20(16)17(2)29-24-21-13-22(18-7-10-31(3)11-8-18)28-15-23(21)32-12-9-27-25(32)30-24/h4-6,13,15,17-18H,7-12H2,1-3H3,(H,27,29,30). The van der Waals surface area contributed by atoms with E-state index in [2.05, 4.69) is 52.3 Å². The highest BCUT2D eigenvalue weighted by molar-refractivity contribution is 6.18. The Morgan fingerprint density at radius 2 is 2.03 bits per heavy atom. The maximum absolute atomic E-state index is 9.42. The fourth-order valence-electron chi connectivity index (χ4n) is 4.95. The van der Waals surface area contributed by atoms with Crippen molar-refractivity contribution in [1.82, 2.24) is 15.2 Å². The maximum Gasteiger partial charge on any atom is 0.227 e. The average molecular weight is 428 g/mol. The number of anilines is 1. The molecule has 7 nitrogen and oxygen atoms in total. The zero-order chi connectivity index (χ0) is 22.2. The lowest BCUT2D eigenvalue weighted by Gasteiger charge is -2.31. The number of rotatable bonds is 3. The molecule has 3 aliphatic heterocycles. The third kappa shape index (κ3) is 3.65. The van der Waals surface area contributed by atoms with Gasteiger partial charge in [-0.15, -0.1) is 0 Å². The van der Waals surface area contributed by atoms with E-state index in [1.165, 1.54) is 0 Å². The molecule has 4 heterocycles. The molecule has 1 fully saturated rings. The minimum atomic E-state index is 0.00315. The first-order valence-corrected chi connectivity index (χ1v) is 11.4. The van der Waals surface area contributed by atoms with Crippen molar-refractivity contribution >= 4 is 17.5 Å². The lowest BCUT2D eigenvalue weighted by molar-refractivity contribution is 0.253. The number of nitrogens with one attached hydrogen (secondary N) is 1. The van der Waals surface area contributed by atoms with Crippen LogP contribution in [0.4, 0.5) is 5.69 Å². The Labute approximate surface area is 189 Å². The second-order valence-corrected chi connectivity index (χ2v) is 9.00. The number of piperidine rings is 1. The highest BCUT2D eigenvalue weighted by Gasteiger charge is 2.31. The highest BCUT2D eigenvalue weighted by atomic mass is 15.3. The van der Waals surface area contributed by atoms with Crippen molar-refractivity contribution in [2.45, 2.75) is 38.6 Å². The molecule has 32 heavy (non-hydrogen) atoms. The quantitative estimate of drug-likeness (QED) is 0.813. The van der Waals surface area contributed by atoms with Gasteiger partial charge in [-0.2, -0.15) is 10.3 Å². The van der Waals surface area contributed by atoms with E-state index < -0.39 is 0 Å². The van der Waals surface area contributed by atoms with Crippen molar-refractivity contribution < 1.29 is 0 Å². The SMILES string of the molecule is Cc1c(C#N)cccc1C(C)NC1=NC2=NCCN2c2cnc(C3CCN(C)CC3)cc21. The number of amidine groups is 1. The smallest absolute Gasteiger partial charge is 0.227 e. The molecule has 5 rings (SSSR count). The van der Waals surface area contributed by atoms with Crippen LogP contribution in [0.15, 0.2) is 40.4 Å². The van der Waals surface area contributed by atoms with Gasteiger partial charge in [-0.25, -0.2) is 4.99 Å². The predicted molar refractivity (Wildman–Crippen MR) is 127 cm³/mol. The molecule has 0 saturated carbocycles. The second-order valence-electron chi connectivity index (χ2n) is 9.00. The van der Waals surface area contributed by atoms with Crippen LogP contribution in [0.3, 0.4) is 0 Å². The van der Waals surface area contributed by atoms with Gasteiger partial charge in [-0.3, -0.25) is 4.98 Å². The summed E-state index contributed by atoms with van der Waals surface area (Å²) < 4.78 is 0. The predicted octanol–water partition coefficient (Wildman–Crippen LogP) is 3.36. The lowest BCUT2D eigenvalue weighted by atomic mass is 9.92. The number of guanidine groups is 1. The van der Waals surface area contributed by atoms with Gasteiger partial charge in [0, 0.05) is 23.7 Å². The van der Waals surface area contributed by atoms with Crippen LogP contribution in [0.1, 0.15) is 59.7 Å². The average Bonchev–Trinajstić information content (AvgIpc) is 3.28. The third-order valence-electron chi connectivity index (χ3n) is 6.93. The van der Waals surface area contributed by atoms with Crippen molar-refractivity contribution in [3.8, 4) is 6.07 Å².